The maximum absolute atomic E-state index is 12.6. The van der Waals surface area contributed by atoms with Crippen LogP contribution in [0.15, 0.2) is 24.3 Å². The van der Waals surface area contributed by atoms with Gasteiger partial charge in [0.2, 0.25) is 0 Å². The summed E-state index contributed by atoms with van der Waals surface area (Å²) in [6.07, 6.45) is -4.07. The number of nitrogens with zero attached hydrogens (tertiary/aromatic N) is 1. The molecule has 1 aliphatic rings. The fourth-order valence-electron chi connectivity index (χ4n) is 1.69. The number of benzene rings is 1. The molecule has 0 aromatic heterocycles. The molecule has 0 aliphatic heterocycles. The molecule has 0 bridgehead atoms. The number of halogens is 3. The first-order valence-corrected chi connectivity index (χ1v) is 5.39. The minimum Gasteiger partial charge on any atom is -0.299 e. The van der Waals surface area contributed by atoms with Crippen molar-refractivity contribution in [2.45, 2.75) is 31.1 Å². The highest BCUT2D eigenvalue weighted by molar-refractivity contribution is 5.33. The summed E-state index contributed by atoms with van der Waals surface area (Å²) in [7, 11) is 0. The molecule has 2 rings (SSSR count). The fourth-order valence-corrected chi connectivity index (χ4v) is 1.69. The fraction of sp³-hybridized carbons (Fsp3) is 0.455. The van der Waals surface area contributed by atoms with Crippen LogP contribution in [-0.4, -0.2) is 16.6 Å². The zero-order valence-electron chi connectivity index (χ0n) is 9.33. The Morgan fingerprint density at radius 1 is 1.28 bits per heavy atom. The topological polar surface area (TPSA) is 55.2 Å². The third-order valence-corrected chi connectivity index (χ3v) is 3.07. The minimum absolute atomic E-state index is 0.0531. The standard InChI is InChI=1S/C11H11F3N2O2/c12-11(13,14)10(5-6-10)15-7-8-1-3-9(4-2-8)16(17)18/h1-4,15H,5-7H2. The molecular formula is C11H11F3N2O2. The van der Waals surface area contributed by atoms with Crippen molar-refractivity contribution in [1.29, 1.82) is 0 Å². The molecule has 0 saturated heterocycles. The second-order valence-corrected chi connectivity index (χ2v) is 4.36. The third-order valence-electron chi connectivity index (χ3n) is 3.07. The van der Waals surface area contributed by atoms with Gasteiger partial charge in [-0.3, -0.25) is 15.4 Å². The predicted molar refractivity (Wildman–Crippen MR) is 58.0 cm³/mol. The van der Waals surface area contributed by atoms with Gasteiger partial charge in [0.05, 0.1) is 4.92 Å². The summed E-state index contributed by atoms with van der Waals surface area (Å²) in [5.41, 5.74) is -1.23. The van der Waals surface area contributed by atoms with Crippen LogP contribution >= 0.6 is 0 Å². The molecule has 0 radical (unpaired) electrons. The lowest BCUT2D eigenvalue weighted by molar-refractivity contribution is -0.384. The first-order chi connectivity index (χ1) is 8.34. The summed E-state index contributed by atoms with van der Waals surface area (Å²) >= 11 is 0. The van der Waals surface area contributed by atoms with Gasteiger partial charge in [-0.15, -0.1) is 0 Å². The van der Waals surface area contributed by atoms with E-state index >= 15 is 0 Å². The van der Waals surface area contributed by atoms with Crippen molar-refractivity contribution in [3.05, 3.63) is 39.9 Å². The quantitative estimate of drug-likeness (QED) is 0.669. The van der Waals surface area contributed by atoms with E-state index < -0.39 is 16.6 Å². The van der Waals surface area contributed by atoms with Crippen molar-refractivity contribution in [2.75, 3.05) is 0 Å². The first kappa shape index (κ1) is 12.8. The van der Waals surface area contributed by atoms with Gasteiger partial charge in [-0.05, 0) is 18.4 Å². The molecule has 7 heteroatoms. The van der Waals surface area contributed by atoms with Crippen LogP contribution < -0.4 is 5.32 Å². The minimum atomic E-state index is -4.24. The third kappa shape index (κ3) is 2.45. The SMILES string of the molecule is O=[N+]([O-])c1ccc(CNC2(C(F)(F)F)CC2)cc1. The van der Waals surface area contributed by atoms with E-state index in [-0.39, 0.29) is 25.1 Å². The molecule has 1 aliphatic carbocycles. The van der Waals surface area contributed by atoms with Crippen molar-refractivity contribution in [3.8, 4) is 0 Å². The average molecular weight is 260 g/mol. The van der Waals surface area contributed by atoms with Crippen molar-refractivity contribution in [2.24, 2.45) is 0 Å². The Morgan fingerprint density at radius 2 is 1.83 bits per heavy atom. The number of nitro groups is 1. The lowest BCUT2D eigenvalue weighted by atomic mass is 10.2. The molecule has 4 nitrogen and oxygen atoms in total. The molecular weight excluding hydrogens is 249 g/mol. The number of nitro benzene ring substituents is 1. The van der Waals surface area contributed by atoms with E-state index in [4.69, 9.17) is 0 Å². The van der Waals surface area contributed by atoms with Gasteiger partial charge in [-0.1, -0.05) is 12.1 Å². The van der Waals surface area contributed by atoms with Gasteiger partial charge in [0.15, 0.2) is 0 Å². The molecule has 0 heterocycles. The van der Waals surface area contributed by atoms with Crippen LogP contribution in [0, 0.1) is 10.1 Å². The van der Waals surface area contributed by atoms with Gasteiger partial charge in [0, 0.05) is 18.7 Å². The molecule has 1 aromatic carbocycles. The molecule has 1 N–H and O–H groups in total. The van der Waals surface area contributed by atoms with E-state index in [0.29, 0.717) is 5.56 Å². The second-order valence-electron chi connectivity index (χ2n) is 4.36. The monoisotopic (exact) mass is 260 g/mol. The molecule has 1 saturated carbocycles. The zero-order chi connectivity index (χ0) is 13.4. The number of rotatable bonds is 4. The Hall–Kier alpha value is -1.63. The molecule has 0 atom stereocenters. The smallest absolute Gasteiger partial charge is 0.299 e. The number of non-ortho nitro benzene ring substituents is 1. The Labute approximate surface area is 101 Å². The Bertz CT molecular complexity index is 452. The van der Waals surface area contributed by atoms with Gasteiger partial charge in [-0.2, -0.15) is 13.2 Å². The van der Waals surface area contributed by atoms with E-state index in [1.54, 1.807) is 0 Å². The summed E-state index contributed by atoms with van der Waals surface area (Å²) in [6.45, 7) is 0.0531. The molecule has 18 heavy (non-hydrogen) atoms. The van der Waals surface area contributed by atoms with Crippen LogP contribution in [0.4, 0.5) is 18.9 Å². The average Bonchev–Trinajstić information content (AvgIpc) is 3.07. The van der Waals surface area contributed by atoms with Crippen molar-refractivity contribution in [1.82, 2.24) is 5.32 Å². The maximum atomic E-state index is 12.6. The summed E-state index contributed by atoms with van der Waals surface area (Å²) in [4.78, 5) is 9.87. The van der Waals surface area contributed by atoms with E-state index in [1.165, 1.54) is 24.3 Å². The van der Waals surface area contributed by atoms with Gasteiger partial charge < -0.3 is 0 Å². The summed E-state index contributed by atoms with van der Waals surface area (Å²) < 4.78 is 37.9. The summed E-state index contributed by atoms with van der Waals surface area (Å²) in [6, 6.07) is 5.48. The number of hydrogen-bond donors (Lipinski definition) is 1. The predicted octanol–water partition coefficient (Wildman–Crippen LogP) is 2.78. The van der Waals surface area contributed by atoms with Crippen LogP contribution in [0.25, 0.3) is 0 Å². The molecule has 1 fully saturated rings. The van der Waals surface area contributed by atoms with Crippen LogP contribution in [0.1, 0.15) is 18.4 Å². The highest BCUT2D eigenvalue weighted by atomic mass is 19.4. The number of nitrogens with one attached hydrogen (secondary N) is 1. The molecule has 98 valence electrons. The highest BCUT2D eigenvalue weighted by Crippen LogP contribution is 2.49. The van der Waals surface area contributed by atoms with E-state index in [1.807, 2.05) is 0 Å². The number of alkyl halides is 3. The van der Waals surface area contributed by atoms with Crippen LogP contribution in [0.2, 0.25) is 0 Å². The van der Waals surface area contributed by atoms with Crippen molar-refractivity contribution >= 4 is 5.69 Å². The molecule has 0 amide bonds. The second kappa shape index (κ2) is 4.24. The Kier molecular flexibility index (Phi) is 3.02. The molecule has 1 aromatic rings. The van der Waals surface area contributed by atoms with E-state index in [0.717, 1.165) is 0 Å². The number of hydrogen-bond acceptors (Lipinski definition) is 3. The summed E-state index contributed by atoms with van der Waals surface area (Å²) in [5, 5.41) is 12.9. The van der Waals surface area contributed by atoms with Crippen LogP contribution in [-0.2, 0) is 6.54 Å². The maximum Gasteiger partial charge on any atom is 0.406 e. The zero-order valence-corrected chi connectivity index (χ0v) is 9.33. The van der Waals surface area contributed by atoms with E-state index in [9.17, 15) is 23.3 Å². The van der Waals surface area contributed by atoms with Gasteiger partial charge >= 0.3 is 6.18 Å². The van der Waals surface area contributed by atoms with Gasteiger partial charge in [-0.25, -0.2) is 0 Å². The lowest BCUT2D eigenvalue weighted by Gasteiger charge is -2.20. The van der Waals surface area contributed by atoms with Gasteiger partial charge in [0.25, 0.3) is 5.69 Å². The van der Waals surface area contributed by atoms with Crippen LogP contribution in [0.3, 0.4) is 0 Å². The Morgan fingerprint density at radius 3 is 2.22 bits per heavy atom. The highest BCUT2D eigenvalue weighted by Gasteiger charge is 2.62. The Balaban J connectivity index is 1.97. The van der Waals surface area contributed by atoms with Crippen molar-refractivity contribution < 1.29 is 18.1 Å². The lowest BCUT2D eigenvalue weighted by Crippen LogP contribution is -2.44. The van der Waals surface area contributed by atoms with Crippen LogP contribution in [0.5, 0.6) is 0 Å². The van der Waals surface area contributed by atoms with Gasteiger partial charge in [0.1, 0.15) is 5.54 Å². The first-order valence-electron chi connectivity index (χ1n) is 5.39. The normalized spacial score (nSPS) is 17.5. The molecule has 0 unspecified atom stereocenters. The van der Waals surface area contributed by atoms with E-state index in [2.05, 4.69) is 5.32 Å². The van der Waals surface area contributed by atoms with Crippen molar-refractivity contribution in [3.63, 3.8) is 0 Å². The molecule has 0 spiro atoms. The summed E-state index contributed by atoms with van der Waals surface area (Å²) in [5.74, 6) is 0. The largest absolute Gasteiger partial charge is 0.406 e.